The molecule has 0 radical (unpaired) electrons. The fourth-order valence-electron chi connectivity index (χ4n) is 2.79. The lowest BCUT2D eigenvalue weighted by Gasteiger charge is -2.26. The van der Waals surface area contributed by atoms with Gasteiger partial charge in [0.15, 0.2) is 0 Å². The molecule has 2 N–H and O–H groups in total. The highest BCUT2D eigenvalue weighted by atomic mass is 35.5. The number of ether oxygens (including phenoxy) is 2. The minimum Gasteiger partial charge on any atom is -0.443 e. The van der Waals surface area contributed by atoms with Gasteiger partial charge in [0.05, 0.1) is 23.9 Å². The zero-order valence-corrected chi connectivity index (χ0v) is 17.9. The second kappa shape index (κ2) is 10.4. The number of nitrogens with one attached hydrogen (secondary N) is 2. The van der Waals surface area contributed by atoms with Crippen molar-refractivity contribution in [2.45, 2.75) is 13.0 Å². The first-order valence-electron chi connectivity index (χ1n) is 9.32. The van der Waals surface area contributed by atoms with Gasteiger partial charge in [-0.1, -0.05) is 0 Å². The summed E-state index contributed by atoms with van der Waals surface area (Å²) in [4.78, 5) is 39.4. The van der Waals surface area contributed by atoms with Gasteiger partial charge in [-0.2, -0.15) is 0 Å². The molecule has 1 saturated heterocycles. The Balaban J connectivity index is 1.48. The summed E-state index contributed by atoms with van der Waals surface area (Å²) in [5, 5.41) is 5.33. The molecular weight excluding hydrogens is 430 g/mol. The number of benzene rings is 1. The molecule has 1 aromatic heterocycles. The van der Waals surface area contributed by atoms with Crippen LogP contribution in [0, 0.1) is 6.92 Å². The lowest BCUT2D eigenvalue weighted by molar-refractivity contribution is -0.125. The zero-order valence-electron chi connectivity index (χ0n) is 16.4. The number of rotatable bonds is 7. The zero-order chi connectivity index (χ0) is 21.5. The third-order valence-electron chi connectivity index (χ3n) is 4.31. The molecule has 2 aromatic rings. The lowest BCUT2D eigenvalue weighted by atomic mass is 10.2. The Morgan fingerprint density at radius 3 is 2.67 bits per heavy atom. The molecular formula is C20H22ClN3O5S. The van der Waals surface area contributed by atoms with Crippen LogP contribution < -0.4 is 15.5 Å². The normalized spacial score (nSPS) is 14.9. The molecule has 0 bridgehead atoms. The fourth-order valence-corrected chi connectivity index (χ4v) is 3.75. The van der Waals surface area contributed by atoms with Crippen molar-refractivity contribution >= 4 is 52.2 Å². The Bertz CT molecular complexity index is 902. The number of alkyl halides is 1. The van der Waals surface area contributed by atoms with Crippen molar-refractivity contribution in [1.82, 2.24) is 5.32 Å². The Labute approximate surface area is 183 Å². The van der Waals surface area contributed by atoms with Gasteiger partial charge in [0.2, 0.25) is 0 Å². The van der Waals surface area contributed by atoms with Crippen LogP contribution in [-0.2, 0) is 14.3 Å². The summed E-state index contributed by atoms with van der Waals surface area (Å²) in [6.45, 7) is 3.06. The molecule has 3 rings (SSSR count). The van der Waals surface area contributed by atoms with E-state index in [1.165, 1.54) is 11.3 Å². The van der Waals surface area contributed by atoms with Gasteiger partial charge in [-0.05, 0) is 43.3 Å². The standard InChI is InChI=1S/C20H22ClN3O5S/c1-13-2-7-17(30-13)19(26)22-11-16(10-21)29-20(27)23-14-3-5-15(6-4-14)24-8-9-28-12-18(24)25/h2-7,16H,8-12H2,1H3,(H,22,26)(H,23,27)/t16-/m1/s1. The molecule has 1 aliphatic heterocycles. The molecule has 1 fully saturated rings. The monoisotopic (exact) mass is 451 g/mol. The van der Waals surface area contributed by atoms with Gasteiger partial charge in [0.25, 0.3) is 11.8 Å². The van der Waals surface area contributed by atoms with Crippen LogP contribution in [0.25, 0.3) is 0 Å². The first kappa shape index (κ1) is 22.1. The highest BCUT2D eigenvalue weighted by molar-refractivity contribution is 7.13. The summed E-state index contributed by atoms with van der Waals surface area (Å²) >= 11 is 7.25. The highest BCUT2D eigenvalue weighted by Gasteiger charge is 2.20. The molecule has 0 saturated carbocycles. The molecule has 1 aliphatic rings. The van der Waals surface area contributed by atoms with Gasteiger partial charge >= 0.3 is 6.09 Å². The van der Waals surface area contributed by atoms with Crippen LogP contribution in [0.5, 0.6) is 0 Å². The average Bonchev–Trinajstić information content (AvgIpc) is 3.18. The molecule has 0 unspecified atom stereocenters. The van der Waals surface area contributed by atoms with E-state index in [2.05, 4.69) is 10.6 Å². The Morgan fingerprint density at radius 1 is 1.27 bits per heavy atom. The van der Waals surface area contributed by atoms with Gasteiger partial charge in [-0.15, -0.1) is 22.9 Å². The van der Waals surface area contributed by atoms with Crippen molar-refractivity contribution in [3.8, 4) is 0 Å². The topological polar surface area (TPSA) is 97.0 Å². The summed E-state index contributed by atoms with van der Waals surface area (Å²) < 4.78 is 10.4. The molecule has 1 atom stereocenters. The van der Waals surface area contributed by atoms with E-state index >= 15 is 0 Å². The van der Waals surface area contributed by atoms with E-state index in [0.29, 0.717) is 23.7 Å². The number of hydrogen-bond acceptors (Lipinski definition) is 6. The number of amides is 3. The maximum atomic E-state index is 12.2. The van der Waals surface area contributed by atoms with Crippen molar-refractivity contribution in [2.75, 3.05) is 42.4 Å². The van der Waals surface area contributed by atoms with Crippen LogP contribution in [0.3, 0.4) is 0 Å². The quantitative estimate of drug-likeness (QED) is 0.631. The summed E-state index contributed by atoms with van der Waals surface area (Å²) in [5.41, 5.74) is 1.24. The number of thiophene rings is 1. The van der Waals surface area contributed by atoms with Gasteiger partial charge in [0.1, 0.15) is 12.7 Å². The second-order valence-corrected chi connectivity index (χ2v) is 8.17. The van der Waals surface area contributed by atoms with Crippen molar-refractivity contribution in [1.29, 1.82) is 0 Å². The van der Waals surface area contributed by atoms with E-state index in [9.17, 15) is 14.4 Å². The predicted molar refractivity (Wildman–Crippen MR) is 116 cm³/mol. The minimum absolute atomic E-state index is 0.0370. The Morgan fingerprint density at radius 2 is 2.03 bits per heavy atom. The first-order chi connectivity index (χ1) is 14.5. The minimum atomic E-state index is -0.683. The van der Waals surface area contributed by atoms with E-state index < -0.39 is 12.2 Å². The third-order valence-corrected chi connectivity index (χ3v) is 5.66. The fraction of sp³-hybridized carbons (Fsp3) is 0.350. The average molecular weight is 452 g/mol. The smallest absolute Gasteiger partial charge is 0.411 e. The van der Waals surface area contributed by atoms with Crippen LogP contribution in [-0.4, -0.2) is 56.2 Å². The van der Waals surface area contributed by atoms with Gasteiger partial charge < -0.3 is 19.7 Å². The van der Waals surface area contributed by atoms with Crippen molar-refractivity contribution in [3.05, 3.63) is 46.2 Å². The Hall–Kier alpha value is -2.62. The van der Waals surface area contributed by atoms with Crippen LogP contribution in [0.2, 0.25) is 0 Å². The summed E-state index contributed by atoms with van der Waals surface area (Å²) in [7, 11) is 0. The molecule has 0 aliphatic carbocycles. The summed E-state index contributed by atoms with van der Waals surface area (Å²) in [6, 6.07) is 10.4. The highest BCUT2D eigenvalue weighted by Crippen LogP contribution is 2.20. The second-order valence-electron chi connectivity index (χ2n) is 6.57. The largest absolute Gasteiger partial charge is 0.443 e. The number of anilines is 2. The first-order valence-corrected chi connectivity index (χ1v) is 10.7. The molecule has 3 amide bonds. The van der Waals surface area contributed by atoms with Gasteiger partial charge in [-0.25, -0.2) is 4.79 Å². The molecule has 8 nitrogen and oxygen atoms in total. The molecule has 1 aromatic carbocycles. The van der Waals surface area contributed by atoms with E-state index in [1.54, 1.807) is 35.2 Å². The van der Waals surface area contributed by atoms with Crippen LogP contribution in [0.4, 0.5) is 16.2 Å². The van der Waals surface area contributed by atoms with Crippen molar-refractivity contribution in [2.24, 2.45) is 0 Å². The maximum absolute atomic E-state index is 12.2. The lowest BCUT2D eigenvalue weighted by Crippen LogP contribution is -2.41. The number of halogens is 1. The number of carbonyl (C=O) groups excluding carboxylic acids is 3. The predicted octanol–water partition coefficient (Wildman–Crippen LogP) is 3.01. The number of morpholine rings is 1. The van der Waals surface area contributed by atoms with Crippen molar-refractivity contribution < 1.29 is 23.9 Å². The molecule has 160 valence electrons. The molecule has 10 heteroatoms. The van der Waals surface area contributed by atoms with E-state index in [4.69, 9.17) is 21.1 Å². The SMILES string of the molecule is Cc1ccc(C(=O)NC[C@@H](CCl)OC(=O)Nc2ccc(N3CCOCC3=O)cc2)s1. The molecule has 30 heavy (non-hydrogen) atoms. The van der Waals surface area contributed by atoms with Crippen LogP contribution in [0.15, 0.2) is 36.4 Å². The van der Waals surface area contributed by atoms with E-state index in [0.717, 1.165) is 10.6 Å². The number of hydrogen-bond donors (Lipinski definition) is 2. The maximum Gasteiger partial charge on any atom is 0.411 e. The van der Waals surface area contributed by atoms with E-state index in [-0.39, 0.29) is 30.8 Å². The van der Waals surface area contributed by atoms with Gasteiger partial charge in [-0.3, -0.25) is 14.9 Å². The Kier molecular flexibility index (Phi) is 7.67. The molecule has 0 spiro atoms. The third kappa shape index (κ3) is 5.94. The number of nitrogens with zero attached hydrogens (tertiary/aromatic N) is 1. The van der Waals surface area contributed by atoms with Gasteiger partial charge in [0, 0.05) is 22.8 Å². The van der Waals surface area contributed by atoms with Crippen LogP contribution in [0.1, 0.15) is 14.5 Å². The number of carbonyl (C=O) groups is 3. The molecule has 2 heterocycles. The summed E-state index contributed by atoms with van der Waals surface area (Å²) in [5.74, 6) is -0.304. The summed E-state index contributed by atoms with van der Waals surface area (Å²) in [6.07, 6.45) is -1.36. The van der Waals surface area contributed by atoms with Crippen LogP contribution >= 0.6 is 22.9 Å². The van der Waals surface area contributed by atoms with E-state index in [1.807, 2.05) is 13.0 Å². The van der Waals surface area contributed by atoms with Crippen molar-refractivity contribution in [3.63, 3.8) is 0 Å². The number of aryl methyl sites for hydroxylation is 1.